The highest BCUT2D eigenvalue weighted by atomic mass is 35.5. The average Bonchev–Trinajstić information content (AvgIpc) is 2.54. The first-order valence-electron chi connectivity index (χ1n) is 6.98. The molecule has 0 saturated carbocycles. The van der Waals surface area contributed by atoms with Gasteiger partial charge in [0.1, 0.15) is 0 Å². The van der Waals surface area contributed by atoms with Crippen LogP contribution in [0.25, 0.3) is 0 Å². The number of rotatable bonds is 6. The molecule has 0 aromatic heterocycles. The van der Waals surface area contributed by atoms with Gasteiger partial charge >= 0.3 is 0 Å². The van der Waals surface area contributed by atoms with Crippen molar-refractivity contribution in [2.75, 3.05) is 14.2 Å². The van der Waals surface area contributed by atoms with Crippen molar-refractivity contribution in [1.82, 2.24) is 5.43 Å². The molecular formula is C17H18Cl2N2O2. The van der Waals surface area contributed by atoms with Crippen LogP contribution < -0.4 is 14.9 Å². The van der Waals surface area contributed by atoms with Crippen LogP contribution in [0.15, 0.2) is 41.5 Å². The number of ether oxygens (including phenoxy) is 2. The van der Waals surface area contributed by atoms with Gasteiger partial charge in [-0.05, 0) is 36.8 Å². The average molecular weight is 353 g/mol. The fourth-order valence-corrected chi connectivity index (χ4v) is 2.63. The topological polar surface area (TPSA) is 42.8 Å². The first-order valence-corrected chi connectivity index (χ1v) is 7.74. The summed E-state index contributed by atoms with van der Waals surface area (Å²) in [6.07, 6.45) is 0. The van der Waals surface area contributed by atoms with Crippen molar-refractivity contribution in [3.05, 3.63) is 57.6 Å². The highest BCUT2D eigenvalue weighted by molar-refractivity contribution is 6.36. The van der Waals surface area contributed by atoms with Crippen LogP contribution in [0.3, 0.4) is 0 Å². The second-order valence-electron chi connectivity index (χ2n) is 4.85. The molecule has 0 unspecified atom stereocenters. The van der Waals surface area contributed by atoms with E-state index < -0.39 is 0 Å². The Morgan fingerprint density at radius 1 is 1.04 bits per heavy atom. The third-order valence-corrected chi connectivity index (χ3v) is 3.85. The molecular weight excluding hydrogens is 335 g/mol. The van der Waals surface area contributed by atoms with E-state index >= 15 is 0 Å². The van der Waals surface area contributed by atoms with Crippen molar-refractivity contribution in [1.29, 1.82) is 0 Å². The molecule has 4 nitrogen and oxygen atoms in total. The third-order valence-electron chi connectivity index (χ3n) is 3.30. The Morgan fingerprint density at radius 3 is 2.43 bits per heavy atom. The maximum atomic E-state index is 6.17. The van der Waals surface area contributed by atoms with Gasteiger partial charge in [0.05, 0.1) is 31.5 Å². The second-order valence-corrected chi connectivity index (χ2v) is 5.69. The van der Waals surface area contributed by atoms with Crippen molar-refractivity contribution in [3.63, 3.8) is 0 Å². The molecule has 0 amide bonds. The lowest BCUT2D eigenvalue weighted by atomic mass is 10.1. The summed E-state index contributed by atoms with van der Waals surface area (Å²) < 4.78 is 10.5. The monoisotopic (exact) mass is 352 g/mol. The number of nitrogens with one attached hydrogen (secondary N) is 1. The number of hydrazone groups is 1. The van der Waals surface area contributed by atoms with Crippen LogP contribution in [-0.2, 0) is 6.54 Å². The SMILES string of the molecule is COc1ccc(CN/N=C(/C)c2ccc(Cl)cc2Cl)cc1OC. The fraction of sp³-hybridized carbons (Fsp3) is 0.235. The van der Waals surface area contributed by atoms with Gasteiger partial charge < -0.3 is 14.9 Å². The zero-order valence-electron chi connectivity index (χ0n) is 13.2. The van der Waals surface area contributed by atoms with Gasteiger partial charge in [0.25, 0.3) is 0 Å². The van der Waals surface area contributed by atoms with Crippen LogP contribution in [0.5, 0.6) is 11.5 Å². The normalized spacial score (nSPS) is 11.3. The Balaban J connectivity index is 2.06. The lowest BCUT2D eigenvalue weighted by Crippen LogP contribution is -2.09. The Hall–Kier alpha value is -1.91. The molecule has 0 atom stereocenters. The van der Waals surface area contributed by atoms with E-state index in [-0.39, 0.29) is 0 Å². The minimum atomic E-state index is 0.558. The van der Waals surface area contributed by atoms with Gasteiger partial charge in [0.2, 0.25) is 0 Å². The summed E-state index contributed by atoms with van der Waals surface area (Å²) in [5, 5.41) is 5.52. The van der Waals surface area contributed by atoms with Gasteiger partial charge in [-0.3, -0.25) is 0 Å². The van der Waals surface area contributed by atoms with Gasteiger partial charge in [0.15, 0.2) is 11.5 Å². The lowest BCUT2D eigenvalue weighted by Gasteiger charge is -2.10. The van der Waals surface area contributed by atoms with E-state index in [0.29, 0.717) is 28.1 Å². The summed E-state index contributed by atoms with van der Waals surface area (Å²) in [5.41, 5.74) is 5.69. The third kappa shape index (κ3) is 4.53. The first kappa shape index (κ1) is 17.4. The van der Waals surface area contributed by atoms with Gasteiger partial charge in [-0.1, -0.05) is 35.3 Å². The van der Waals surface area contributed by atoms with E-state index in [1.165, 1.54) is 0 Å². The zero-order valence-corrected chi connectivity index (χ0v) is 14.7. The Labute approximate surface area is 146 Å². The standard InChI is InChI=1S/C17H18Cl2N2O2/c1-11(14-6-5-13(18)9-15(14)19)21-20-10-12-4-7-16(22-2)17(8-12)23-3/h4-9,20H,10H2,1-3H3/b21-11-. The molecule has 1 N–H and O–H groups in total. The van der Waals surface area contributed by atoms with E-state index in [4.69, 9.17) is 32.7 Å². The Kier molecular flexibility index (Phi) is 6.13. The van der Waals surface area contributed by atoms with Crippen LogP contribution in [-0.4, -0.2) is 19.9 Å². The van der Waals surface area contributed by atoms with Gasteiger partial charge in [-0.25, -0.2) is 0 Å². The van der Waals surface area contributed by atoms with Crippen molar-refractivity contribution < 1.29 is 9.47 Å². The predicted octanol–water partition coefficient (Wildman–Crippen LogP) is 4.52. The van der Waals surface area contributed by atoms with Crippen LogP contribution in [0.4, 0.5) is 0 Å². The molecule has 0 fully saturated rings. The van der Waals surface area contributed by atoms with Crippen molar-refractivity contribution >= 4 is 28.9 Å². The molecule has 122 valence electrons. The molecule has 0 aliphatic carbocycles. The largest absolute Gasteiger partial charge is 0.493 e. The van der Waals surface area contributed by atoms with Crippen LogP contribution in [0.1, 0.15) is 18.1 Å². The Morgan fingerprint density at radius 2 is 1.78 bits per heavy atom. The fourth-order valence-electron chi connectivity index (χ4n) is 2.08. The second kappa shape index (κ2) is 8.09. The quantitative estimate of drug-likeness (QED) is 0.613. The summed E-state index contributed by atoms with van der Waals surface area (Å²) in [6, 6.07) is 11.1. The minimum absolute atomic E-state index is 0.558. The van der Waals surface area contributed by atoms with Crippen molar-refractivity contribution in [3.8, 4) is 11.5 Å². The van der Waals surface area contributed by atoms with Crippen LogP contribution in [0.2, 0.25) is 10.0 Å². The molecule has 0 spiro atoms. The van der Waals surface area contributed by atoms with E-state index in [2.05, 4.69) is 10.5 Å². The van der Waals surface area contributed by atoms with Crippen molar-refractivity contribution in [2.45, 2.75) is 13.5 Å². The van der Waals surface area contributed by atoms with Gasteiger partial charge in [-0.2, -0.15) is 5.10 Å². The van der Waals surface area contributed by atoms with Gasteiger partial charge in [0, 0.05) is 10.6 Å². The molecule has 0 aliphatic rings. The molecule has 0 saturated heterocycles. The van der Waals surface area contributed by atoms with E-state index in [1.54, 1.807) is 26.4 Å². The van der Waals surface area contributed by atoms with Crippen molar-refractivity contribution in [2.24, 2.45) is 5.10 Å². The summed E-state index contributed by atoms with van der Waals surface area (Å²) in [5.74, 6) is 1.39. The van der Waals surface area contributed by atoms with Crippen LogP contribution >= 0.6 is 23.2 Å². The highest BCUT2D eigenvalue weighted by Crippen LogP contribution is 2.27. The summed E-state index contributed by atoms with van der Waals surface area (Å²) in [6.45, 7) is 2.44. The zero-order chi connectivity index (χ0) is 16.8. The number of hydrogen-bond acceptors (Lipinski definition) is 4. The molecule has 0 radical (unpaired) electrons. The number of methoxy groups -OCH3 is 2. The smallest absolute Gasteiger partial charge is 0.161 e. The molecule has 2 aromatic carbocycles. The van der Waals surface area contributed by atoms with Gasteiger partial charge in [-0.15, -0.1) is 0 Å². The molecule has 0 aliphatic heterocycles. The highest BCUT2D eigenvalue weighted by Gasteiger charge is 2.06. The summed E-state index contributed by atoms with van der Waals surface area (Å²) in [7, 11) is 3.22. The number of nitrogens with zero attached hydrogens (tertiary/aromatic N) is 1. The molecule has 2 aromatic rings. The Bertz CT molecular complexity index is 718. The molecule has 2 rings (SSSR count). The van der Waals surface area contributed by atoms with E-state index in [9.17, 15) is 0 Å². The lowest BCUT2D eigenvalue weighted by molar-refractivity contribution is 0.354. The number of halogens is 2. The predicted molar refractivity (Wildman–Crippen MR) is 95.1 cm³/mol. The molecule has 23 heavy (non-hydrogen) atoms. The minimum Gasteiger partial charge on any atom is -0.493 e. The first-order chi connectivity index (χ1) is 11.0. The van der Waals surface area contributed by atoms with E-state index in [0.717, 1.165) is 16.8 Å². The van der Waals surface area contributed by atoms with Crippen LogP contribution in [0, 0.1) is 0 Å². The number of hydrogen-bond donors (Lipinski definition) is 1. The van der Waals surface area contributed by atoms with E-state index in [1.807, 2.05) is 31.2 Å². The number of benzene rings is 2. The molecule has 0 heterocycles. The molecule has 0 bridgehead atoms. The summed E-state index contributed by atoms with van der Waals surface area (Å²) in [4.78, 5) is 0. The molecule has 6 heteroatoms. The maximum absolute atomic E-state index is 6.17. The summed E-state index contributed by atoms with van der Waals surface area (Å²) >= 11 is 12.1. The maximum Gasteiger partial charge on any atom is 0.161 e.